The van der Waals surface area contributed by atoms with E-state index in [9.17, 15) is 9.90 Å². The monoisotopic (exact) mass is 361 g/mol. The molecule has 1 heterocycles. The molecule has 25 heavy (non-hydrogen) atoms. The summed E-state index contributed by atoms with van der Waals surface area (Å²) < 4.78 is 7.26. The van der Waals surface area contributed by atoms with E-state index in [1.807, 2.05) is 23.6 Å². The molecule has 0 atom stereocenters. The van der Waals surface area contributed by atoms with Gasteiger partial charge in [0.25, 0.3) is 0 Å². The molecule has 2 N–H and O–H groups in total. The van der Waals surface area contributed by atoms with E-state index in [-0.39, 0.29) is 18.1 Å². The van der Waals surface area contributed by atoms with Crippen molar-refractivity contribution >= 4 is 23.9 Å². The van der Waals surface area contributed by atoms with Gasteiger partial charge in [0.2, 0.25) is 5.70 Å². The number of aromatic nitrogens is 3. The minimum absolute atomic E-state index is 0.186. The van der Waals surface area contributed by atoms with Gasteiger partial charge in [-0.1, -0.05) is 0 Å². The van der Waals surface area contributed by atoms with Crippen LogP contribution in [0.15, 0.2) is 46.0 Å². The van der Waals surface area contributed by atoms with Crippen molar-refractivity contribution in [3.8, 4) is 11.4 Å². The molecular weight excluding hydrogens is 342 g/mol. The molecule has 0 spiro atoms. The summed E-state index contributed by atoms with van der Waals surface area (Å²) in [6.07, 6.45) is 0. The zero-order chi connectivity index (χ0) is 18.4. The van der Waals surface area contributed by atoms with Crippen LogP contribution in [0.3, 0.4) is 0 Å². The largest absolute Gasteiger partial charge is 0.510 e. The number of hydrogen-bond donors (Lipinski definition) is 2. The number of aliphatic hydroxyl groups excluding tert-OH is 1. The molecule has 0 amide bonds. The van der Waals surface area contributed by atoms with Crippen molar-refractivity contribution < 1.29 is 14.6 Å². The van der Waals surface area contributed by atoms with Crippen molar-refractivity contribution in [1.82, 2.24) is 14.8 Å². The number of H-pyrrole nitrogens is 1. The Balaban J connectivity index is 2.24. The number of hydrogen-bond acceptors (Lipinski definition) is 7. The second kappa shape index (κ2) is 8.34. The van der Waals surface area contributed by atoms with Gasteiger partial charge in [-0.15, -0.1) is 5.11 Å². The van der Waals surface area contributed by atoms with Crippen molar-refractivity contribution in [2.45, 2.75) is 27.3 Å². The van der Waals surface area contributed by atoms with Gasteiger partial charge in [-0.2, -0.15) is 10.2 Å². The quantitative estimate of drug-likeness (QED) is 0.265. The number of aromatic amines is 1. The third kappa shape index (κ3) is 4.38. The summed E-state index contributed by atoms with van der Waals surface area (Å²) in [6, 6.07) is 7.11. The van der Waals surface area contributed by atoms with Gasteiger partial charge in [-0.05, 0) is 57.3 Å². The lowest BCUT2D eigenvalue weighted by atomic mass is 10.2. The van der Waals surface area contributed by atoms with E-state index >= 15 is 0 Å². The van der Waals surface area contributed by atoms with Gasteiger partial charge < -0.3 is 14.4 Å². The fourth-order valence-electron chi connectivity index (χ4n) is 2.08. The van der Waals surface area contributed by atoms with Gasteiger partial charge >= 0.3 is 5.97 Å². The summed E-state index contributed by atoms with van der Waals surface area (Å²) in [5.74, 6) is -0.243. The first-order chi connectivity index (χ1) is 12.0. The third-order valence-corrected chi connectivity index (χ3v) is 3.59. The number of nitrogens with one attached hydrogen (secondary N) is 1. The first kappa shape index (κ1) is 18.5. The van der Waals surface area contributed by atoms with Crippen LogP contribution in [0.1, 0.15) is 20.8 Å². The summed E-state index contributed by atoms with van der Waals surface area (Å²) in [5, 5.41) is 24.3. The third-order valence-electron chi connectivity index (χ3n) is 3.28. The number of rotatable bonds is 6. The van der Waals surface area contributed by atoms with Crippen molar-refractivity contribution in [1.29, 1.82) is 0 Å². The Morgan fingerprint density at radius 3 is 2.60 bits per heavy atom. The molecule has 0 fully saturated rings. The van der Waals surface area contributed by atoms with Crippen LogP contribution >= 0.6 is 12.2 Å². The molecule has 132 valence electrons. The van der Waals surface area contributed by atoms with Crippen LogP contribution in [0.4, 0.5) is 5.69 Å². The maximum absolute atomic E-state index is 11.7. The van der Waals surface area contributed by atoms with E-state index in [0.717, 1.165) is 11.4 Å². The zero-order valence-corrected chi connectivity index (χ0v) is 15.0. The van der Waals surface area contributed by atoms with E-state index in [1.165, 1.54) is 6.92 Å². The maximum Gasteiger partial charge on any atom is 0.362 e. The smallest absolute Gasteiger partial charge is 0.362 e. The predicted molar refractivity (Wildman–Crippen MR) is 95.0 cm³/mol. The predicted octanol–water partition coefficient (Wildman–Crippen LogP) is 4.06. The Labute approximate surface area is 149 Å². The Bertz CT molecular complexity index is 861. The second-order valence-corrected chi connectivity index (χ2v) is 5.38. The van der Waals surface area contributed by atoms with Crippen molar-refractivity contribution in [3.63, 3.8) is 0 Å². The van der Waals surface area contributed by atoms with Crippen LogP contribution in [0, 0.1) is 4.77 Å². The van der Waals surface area contributed by atoms with Crippen LogP contribution in [0.2, 0.25) is 0 Å². The Hall–Kier alpha value is -2.81. The molecule has 0 aliphatic carbocycles. The molecule has 0 unspecified atom stereocenters. The van der Waals surface area contributed by atoms with Crippen LogP contribution in [0.5, 0.6) is 0 Å². The number of azo groups is 1. The van der Waals surface area contributed by atoms with Crippen LogP contribution in [0.25, 0.3) is 11.4 Å². The first-order valence-electron chi connectivity index (χ1n) is 7.72. The SMILES string of the molecule is CCOC(=O)/C(N=Nc1ccc(-c2n[nH]c(=S)n2CC)cc1)=C(\C)O. The van der Waals surface area contributed by atoms with E-state index in [2.05, 4.69) is 20.4 Å². The van der Waals surface area contributed by atoms with Gasteiger partial charge in [0.05, 0.1) is 12.3 Å². The van der Waals surface area contributed by atoms with Gasteiger partial charge in [0, 0.05) is 12.1 Å². The van der Waals surface area contributed by atoms with E-state index in [1.54, 1.807) is 19.1 Å². The molecule has 0 aliphatic heterocycles. The fraction of sp³-hybridized carbons (Fsp3) is 0.312. The maximum atomic E-state index is 11.7. The highest BCUT2D eigenvalue weighted by Crippen LogP contribution is 2.22. The first-order valence-corrected chi connectivity index (χ1v) is 8.13. The number of nitrogens with zero attached hydrogens (tertiary/aromatic N) is 4. The minimum Gasteiger partial charge on any atom is -0.510 e. The summed E-state index contributed by atoms with van der Waals surface area (Å²) >= 11 is 5.18. The number of carbonyl (C=O) groups is 1. The summed E-state index contributed by atoms with van der Waals surface area (Å²) in [6.45, 7) is 5.89. The van der Waals surface area contributed by atoms with Crippen LogP contribution < -0.4 is 0 Å². The molecule has 9 heteroatoms. The van der Waals surface area contributed by atoms with Crippen molar-refractivity contribution in [2.75, 3.05) is 6.61 Å². The summed E-state index contributed by atoms with van der Waals surface area (Å²) in [4.78, 5) is 11.7. The van der Waals surface area contributed by atoms with Crippen LogP contribution in [-0.2, 0) is 16.1 Å². The second-order valence-electron chi connectivity index (χ2n) is 5.00. The molecule has 0 aliphatic rings. The molecule has 0 bridgehead atoms. The number of aliphatic hydroxyl groups is 1. The molecular formula is C16H19N5O3S. The Morgan fingerprint density at radius 1 is 1.36 bits per heavy atom. The lowest BCUT2D eigenvalue weighted by molar-refractivity contribution is -0.138. The topological polar surface area (TPSA) is 105 Å². The normalized spacial score (nSPS) is 12.3. The van der Waals surface area contributed by atoms with Gasteiger partial charge in [-0.3, -0.25) is 5.10 Å². The minimum atomic E-state index is -0.721. The molecule has 2 aromatic rings. The highest BCUT2D eigenvalue weighted by Gasteiger charge is 2.14. The van der Waals surface area contributed by atoms with E-state index in [4.69, 9.17) is 17.0 Å². The fourth-order valence-corrected chi connectivity index (χ4v) is 2.34. The molecule has 0 radical (unpaired) electrons. The standard InChI is InChI=1S/C16H19N5O3S/c1-4-21-14(19-20-16(21)25)11-6-8-12(9-7-11)17-18-13(10(3)22)15(23)24-5-2/h6-9,22H,4-5H2,1-3H3,(H,20,25)/b13-10-,18-17?. The number of ether oxygens (including phenoxy) is 1. The lowest BCUT2D eigenvalue weighted by Gasteiger charge is -2.04. The van der Waals surface area contributed by atoms with Crippen molar-refractivity contribution in [3.05, 3.63) is 40.5 Å². The number of esters is 1. The Morgan fingerprint density at radius 2 is 2.04 bits per heavy atom. The summed E-state index contributed by atoms with van der Waals surface area (Å²) in [7, 11) is 0. The van der Waals surface area contributed by atoms with Crippen LogP contribution in [-0.4, -0.2) is 32.4 Å². The molecule has 8 nitrogen and oxygen atoms in total. The van der Waals surface area contributed by atoms with E-state index < -0.39 is 5.97 Å². The average Bonchev–Trinajstić information content (AvgIpc) is 2.96. The van der Waals surface area contributed by atoms with Gasteiger partial charge in [0.15, 0.2) is 10.6 Å². The van der Waals surface area contributed by atoms with Gasteiger partial charge in [-0.25, -0.2) is 4.79 Å². The molecule has 2 rings (SSSR count). The average molecular weight is 361 g/mol. The van der Waals surface area contributed by atoms with Gasteiger partial charge in [0.1, 0.15) is 5.76 Å². The zero-order valence-electron chi connectivity index (χ0n) is 14.2. The van der Waals surface area contributed by atoms with E-state index in [0.29, 0.717) is 17.0 Å². The number of benzene rings is 1. The molecule has 1 aromatic carbocycles. The number of allylic oxidation sites excluding steroid dienone is 1. The summed E-state index contributed by atoms with van der Waals surface area (Å²) in [5.41, 5.74) is 1.16. The lowest BCUT2D eigenvalue weighted by Crippen LogP contribution is -2.07. The molecule has 0 saturated carbocycles. The molecule has 1 aromatic heterocycles. The highest BCUT2D eigenvalue weighted by molar-refractivity contribution is 7.71. The number of carbonyl (C=O) groups excluding carboxylic acids is 1. The highest BCUT2D eigenvalue weighted by atomic mass is 32.1. The molecule has 0 saturated heterocycles. The van der Waals surface area contributed by atoms with Crippen molar-refractivity contribution in [2.24, 2.45) is 10.2 Å². The Kier molecular flexibility index (Phi) is 6.18.